The molecule has 1 heterocycles. The molecule has 1 aromatic rings. The van der Waals surface area contributed by atoms with Crippen LogP contribution in [0.3, 0.4) is 0 Å². The van der Waals surface area contributed by atoms with E-state index in [2.05, 4.69) is 16.9 Å². The molecule has 0 aliphatic rings. The molecule has 0 fully saturated rings. The summed E-state index contributed by atoms with van der Waals surface area (Å²) < 4.78 is 12.7. The van der Waals surface area contributed by atoms with Crippen LogP contribution in [0, 0.1) is 5.95 Å². The zero-order valence-electron chi connectivity index (χ0n) is 8.89. The van der Waals surface area contributed by atoms with Gasteiger partial charge < -0.3 is 10.4 Å². The average molecular weight is 238 g/mol. The van der Waals surface area contributed by atoms with Crippen molar-refractivity contribution in [3.63, 3.8) is 0 Å². The lowest BCUT2D eigenvalue weighted by Gasteiger charge is -2.12. The summed E-state index contributed by atoms with van der Waals surface area (Å²) in [5, 5.41) is 11.1. The number of rotatable bonds is 5. The zero-order chi connectivity index (χ0) is 12.8. The van der Waals surface area contributed by atoms with Crippen molar-refractivity contribution in [2.75, 3.05) is 0 Å². The molecule has 90 valence electrons. The van der Waals surface area contributed by atoms with Crippen LogP contribution >= 0.6 is 0 Å². The van der Waals surface area contributed by atoms with Crippen molar-refractivity contribution < 1.29 is 19.1 Å². The second-order valence-corrected chi connectivity index (χ2v) is 3.26. The van der Waals surface area contributed by atoms with Gasteiger partial charge in [0.15, 0.2) is 0 Å². The molecule has 2 N–H and O–H groups in total. The maximum atomic E-state index is 12.7. The number of halogens is 1. The fourth-order valence-corrected chi connectivity index (χ4v) is 1.17. The highest BCUT2D eigenvalue weighted by molar-refractivity contribution is 5.96. The number of nitrogens with zero attached hydrogens (tertiary/aromatic N) is 1. The molecule has 0 bridgehead atoms. The van der Waals surface area contributed by atoms with Crippen molar-refractivity contribution in [2.24, 2.45) is 0 Å². The van der Waals surface area contributed by atoms with Crippen LogP contribution < -0.4 is 5.32 Å². The molecule has 1 rings (SSSR count). The van der Waals surface area contributed by atoms with Crippen molar-refractivity contribution in [3.05, 3.63) is 42.5 Å². The molecule has 1 atom stereocenters. The van der Waals surface area contributed by atoms with E-state index >= 15 is 0 Å². The molecule has 0 saturated carbocycles. The number of pyridine rings is 1. The van der Waals surface area contributed by atoms with Crippen LogP contribution in [0.15, 0.2) is 31.0 Å². The van der Waals surface area contributed by atoms with E-state index in [9.17, 15) is 14.0 Å². The number of aromatic nitrogens is 1. The first-order valence-electron chi connectivity index (χ1n) is 4.80. The predicted molar refractivity (Wildman–Crippen MR) is 57.9 cm³/mol. The van der Waals surface area contributed by atoms with E-state index in [0.29, 0.717) is 0 Å². The maximum Gasteiger partial charge on any atom is 0.326 e. The van der Waals surface area contributed by atoms with Crippen LogP contribution in [-0.2, 0) is 4.79 Å². The number of carbonyl (C=O) groups is 2. The molecule has 0 aliphatic carbocycles. The fourth-order valence-electron chi connectivity index (χ4n) is 1.17. The number of carboxylic acid groups (broad SMARTS) is 1. The summed E-state index contributed by atoms with van der Waals surface area (Å²) in [5.41, 5.74) is 0.0211. The predicted octanol–water partition coefficient (Wildman–Crippen LogP) is 0.980. The molecule has 0 aliphatic heterocycles. The Morgan fingerprint density at radius 2 is 2.35 bits per heavy atom. The topological polar surface area (TPSA) is 79.3 Å². The van der Waals surface area contributed by atoms with E-state index in [1.54, 1.807) is 0 Å². The summed E-state index contributed by atoms with van der Waals surface area (Å²) >= 11 is 0. The van der Waals surface area contributed by atoms with Crippen molar-refractivity contribution in [1.82, 2.24) is 10.3 Å². The summed E-state index contributed by atoms with van der Waals surface area (Å²) in [6.45, 7) is 3.39. The Hall–Kier alpha value is -2.24. The van der Waals surface area contributed by atoms with Crippen LogP contribution in [0.2, 0.25) is 0 Å². The first kappa shape index (κ1) is 12.8. The van der Waals surface area contributed by atoms with Gasteiger partial charge in [-0.15, -0.1) is 6.58 Å². The van der Waals surface area contributed by atoms with Crippen LogP contribution in [0.5, 0.6) is 0 Å². The van der Waals surface area contributed by atoms with Gasteiger partial charge in [0, 0.05) is 17.8 Å². The van der Waals surface area contributed by atoms with Crippen molar-refractivity contribution in [3.8, 4) is 0 Å². The number of nitrogens with one attached hydrogen (secondary N) is 1. The minimum atomic E-state index is -1.17. The smallest absolute Gasteiger partial charge is 0.326 e. The van der Waals surface area contributed by atoms with Crippen LogP contribution in [0.1, 0.15) is 16.8 Å². The first-order chi connectivity index (χ1) is 8.04. The highest BCUT2D eigenvalue weighted by Crippen LogP contribution is 2.02. The van der Waals surface area contributed by atoms with Gasteiger partial charge in [-0.1, -0.05) is 6.08 Å². The van der Waals surface area contributed by atoms with Gasteiger partial charge in [0.1, 0.15) is 6.04 Å². The quantitative estimate of drug-likeness (QED) is 0.592. The number of hydrogen-bond donors (Lipinski definition) is 2. The number of hydrogen-bond acceptors (Lipinski definition) is 3. The van der Waals surface area contributed by atoms with Gasteiger partial charge in [-0.25, -0.2) is 9.78 Å². The standard InChI is InChI=1S/C11H11FN2O3/c1-2-3-8(11(16)17)14-10(15)7-4-5-13-9(12)6-7/h2,4-6,8H,1,3H2,(H,14,15)(H,16,17). The third kappa shape index (κ3) is 3.67. The minimum absolute atomic E-state index is 0.0211. The second-order valence-electron chi connectivity index (χ2n) is 3.26. The van der Waals surface area contributed by atoms with Crippen LogP contribution in [-0.4, -0.2) is 28.0 Å². The number of carbonyl (C=O) groups excluding carboxylic acids is 1. The molecular formula is C11H11FN2O3. The average Bonchev–Trinajstić information content (AvgIpc) is 2.28. The van der Waals surface area contributed by atoms with E-state index in [-0.39, 0.29) is 12.0 Å². The molecule has 1 unspecified atom stereocenters. The zero-order valence-corrected chi connectivity index (χ0v) is 8.89. The lowest BCUT2D eigenvalue weighted by molar-refractivity contribution is -0.139. The molecule has 1 amide bonds. The normalized spacial score (nSPS) is 11.6. The van der Waals surface area contributed by atoms with E-state index in [0.717, 1.165) is 12.3 Å². The lowest BCUT2D eigenvalue weighted by atomic mass is 10.2. The summed E-state index contributed by atoms with van der Waals surface area (Å²) in [4.78, 5) is 25.7. The summed E-state index contributed by atoms with van der Waals surface area (Å²) in [7, 11) is 0. The Bertz CT molecular complexity index is 448. The molecule has 0 saturated heterocycles. The molecule has 6 heteroatoms. The molecule has 1 aromatic heterocycles. The van der Waals surface area contributed by atoms with E-state index in [1.165, 1.54) is 12.1 Å². The van der Waals surface area contributed by atoms with E-state index in [4.69, 9.17) is 5.11 Å². The highest BCUT2D eigenvalue weighted by Gasteiger charge is 2.19. The number of amides is 1. The summed E-state index contributed by atoms with van der Waals surface area (Å²) in [6, 6.07) is 1.16. The summed E-state index contributed by atoms with van der Waals surface area (Å²) in [5.74, 6) is -2.64. The fraction of sp³-hybridized carbons (Fsp3) is 0.182. The molecule has 0 aromatic carbocycles. The molecular weight excluding hydrogens is 227 g/mol. The van der Waals surface area contributed by atoms with E-state index < -0.39 is 23.9 Å². The second kappa shape index (κ2) is 5.74. The first-order valence-corrected chi connectivity index (χ1v) is 4.80. The SMILES string of the molecule is C=CCC(NC(=O)c1ccnc(F)c1)C(=O)O. The van der Waals surface area contributed by atoms with Crippen molar-refractivity contribution in [1.29, 1.82) is 0 Å². The third-order valence-electron chi connectivity index (χ3n) is 1.99. The van der Waals surface area contributed by atoms with Crippen molar-refractivity contribution in [2.45, 2.75) is 12.5 Å². The van der Waals surface area contributed by atoms with Gasteiger partial charge in [-0.05, 0) is 12.5 Å². The lowest BCUT2D eigenvalue weighted by Crippen LogP contribution is -2.40. The number of carboxylic acids is 1. The molecule has 0 radical (unpaired) electrons. The van der Waals surface area contributed by atoms with Gasteiger partial charge in [-0.2, -0.15) is 4.39 Å². The Labute approximate surface area is 97.0 Å². The number of aliphatic carboxylic acids is 1. The molecule has 17 heavy (non-hydrogen) atoms. The maximum absolute atomic E-state index is 12.7. The Balaban J connectivity index is 2.77. The van der Waals surface area contributed by atoms with E-state index in [1.807, 2.05) is 0 Å². The van der Waals surface area contributed by atoms with Crippen LogP contribution in [0.4, 0.5) is 4.39 Å². The van der Waals surface area contributed by atoms with Gasteiger partial charge in [0.25, 0.3) is 5.91 Å². The van der Waals surface area contributed by atoms with Gasteiger partial charge in [0.2, 0.25) is 5.95 Å². The van der Waals surface area contributed by atoms with Gasteiger partial charge in [-0.3, -0.25) is 4.79 Å². The Kier molecular flexibility index (Phi) is 4.33. The van der Waals surface area contributed by atoms with Crippen LogP contribution in [0.25, 0.3) is 0 Å². The summed E-state index contributed by atoms with van der Waals surface area (Å²) in [6.07, 6.45) is 2.61. The molecule has 0 spiro atoms. The largest absolute Gasteiger partial charge is 0.480 e. The molecule has 5 nitrogen and oxygen atoms in total. The highest BCUT2D eigenvalue weighted by atomic mass is 19.1. The Morgan fingerprint density at radius 3 is 2.88 bits per heavy atom. The van der Waals surface area contributed by atoms with Gasteiger partial charge >= 0.3 is 5.97 Å². The monoisotopic (exact) mass is 238 g/mol. The van der Waals surface area contributed by atoms with Crippen molar-refractivity contribution >= 4 is 11.9 Å². The van der Waals surface area contributed by atoms with Gasteiger partial charge in [0.05, 0.1) is 0 Å². The minimum Gasteiger partial charge on any atom is -0.480 e. The Morgan fingerprint density at radius 1 is 1.65 bits per heavy atom. The third-order valence-corrected chi connectivity index (χ3v) is 1.99.